The van der Waals surface area contributed by atoms with Gasteiger partial charge in [0.05, 0.1) is 12.1 Å². The zero-order valence-corrected chi connectivity index (χ0v) is 11.0. The van der Waals surface area contributed by atoms with E-state index in [4.69, 9.17) is 4.42 Å². The molecular weight excluding hydrogens is 230 g/mol. The van der Waals surface area contributed by atoms with Gasteiger partial charge >= 0.3 is 0 Å². The monoisotopic (exact) mass is 251 g/mol. The molecule has 18 heavy (non-hydrogen) atoms. The molecule has 4 nitrogen and oxygen atoms in total. The molecule has 1 aliphatic rings. The summed E-state index contributed by atoms with van der Waals surface area (Å²) in [4.78, 5) is 12.1. The minimum absolute atomic E-state index is 0.0111. The highest BCUT2D eigenvalue weighted by Crippen LogP contribution is 2.32. The van der Waals surface area contributed by atoms with Crippen LogP contribution in [0.2, 0.25) is 0 Å². The first-order chi connectivity index (χ1) is 8.54. The van der Waals surface area contributed by atoms with Crippen molar-refractivity contribution in [3.8, 4) is 0 Å². The third-order valence-electron chi connectivity index (χ3n) is 3.74. The van der Waals surface area contributed by atoms with Crippen molar-refractivity contribution in [1.29, 1.82) is 0 Å². The maximum absolute atomic E-state index is 12.1. The molecule has 2 unspecified atom stereocenters. The molecule has 1 aromatic heterocycles. The number of aryl methyl sites for hydroxylation is 1. The summed E-state index contributed by atoms with van der Waals surface area (Å²) in [6.07, 6.45) is 3.87. The topological polar surface area (TPSA) is 62.5 Å². The number of hydrogen-bond acceptors (Lipinski definition) is 3. The summed E-state index contributed by atoms with van der Waals surface area (Å²) in [5, 5.41) is 12.6. The van der Waals surface area contributed by atoms with Gasteiger partial charge in [0.25, 0.3) is 5.91 Å². The minimum atomic E-state index is -0.477. The third kappa shape index (κ3) is 2.75. The predicted octanol–water partition coefficient (Wildman–Crippen LogP) is 2.26. The van der Waals surface area contributed by atoms with E-state index < -0.39 is 5.54 Å². The second-order valence-corrected chi connectivity index (χ2v) is 5.50. The fourth-order valence-electron chi connectivity index (χ4n) is 2.82. The number of carbonyl (C=O) groups is 1. The zero-order valence-electron chi connectivity index (χ0n) is 11.0. The second kappa shape index (κ2) is 5.14. The Labute approximate surface area is 107 Å². The maximum atomic E-state index is 12.1. The average Bonchev–Trinajstić information content (AvgIpc) is 2.76. The van der Waals surface area contributed by atoms with Gasteiger partial charge in [0, 0.05) is 0 Å². The van der Waals surface area contributed by atoms with Crippen molar-refractivity contribution < 1.29 is 14.3 Å². The molecule has 1 saturated carbocycles. The van der Waals surface area contributed by atoms with E-state index in [0.717, 1.165) is 31.4 Å². The van der Waals surface area contributed by atoms with E-state index in [1.165, 1.54) is 0 Å². The highest BCUT2D eigenvalue weighted by atomic mass is 16.3. The summed E-state index contributed by atoms with van der Waals surface area (Å²) in [5.74, 6) is 1.34. The van der Waals surface area contributed by atoms with Gasteiger partial charge in [-0.1, -0.05) is 19.8 Å². The Morgan fingerprint density at radius 3 is 2.94 bits per heavy atom. The number of furan rings is 1. The molecule has 0 aliphatic heterocycles. The molecule has 0 saturated heterocycles. The molecule has 2 N–H and O–H groups in total. The van der Waals surface area contributed by atoms with Crippen LogP contribution in [-0.4, -0.2) is 23.2 Å². The van der Waals surface area contributed by atoms with Gasteiger partial charge in [-0.25, -0.2) is 0 Å². The fraction of sp³-hybridized carbons (Fsp3) is 0.643. The third-order valence-corrected chi connectivity index (χ3v) is 3.74. The molecule has 0 aromatic carbocycles. The molecule has 2 rings (SSSR count). The Balaban J connectivity index is 2.08. The molecule has 1 amide bonds. The van der Waals surface area contributed by atoms with Crippen molar-refractivity contribution in [2.45, 2.75) is 45.1 Å². The first-order valence-electron chi connectivity index (χ1n) is 6.54. The quantitative estimate of drug-likeness (QED) is 0.866. The first kappa shape index (κ1) is 13.1. The van der Waals surface area contributed by atoms with E-state index in [1.54, 1.807) is 19.1 Å². The molecule has 2 atom stereocenters. The molecule has 1 aliphatic carbocycles. The number of nitrogens with one attached hydrogen (secondary N) is 1. The standard InChI is InChI=1S/C14H21NO3/c1-10-4-3-7-14(8-10,9-16)15-13(17)12-6-5-11(2)18-12/h5-6,10,16H,3-4,7-9H2,1-2H3,(H,15,17). The van der Waals surface area contributed by atoms with Gasteiger partial charge in [-0.05, 0) is 37.8 Å². The minimum Gasteiger partial charge on any atom is -0.456 e. The van der Waals surface area contributed by atoms with Crippen molar-refractivity contribution in [2.75, 3.05) is 6.61 Å². The largest absolute Gasteiger partial charge is 0.456 e. The molecule has 100 valence electrons. The van der Waals surface area contributed by atoms with Gasteiger partial charge in [0.15, 0.2) is 5.76 Å². The summed E-state index contributed by atoms with van der Waals surface area (Å²) in [6, 6.07) is 3.44. The summed E-state index contributed by atoms with van der Waals surface area (Å²) >= 11 is 0. The van der Waals surface area contributed by atoms with E-state index in [-0.39, 0.29) is 12.5 Å². The lowest BCUT2D eigenvalue weighted by Crippen LogP contribution is -2.53. The lowest BCUT2D eigenvalue weighted by atomic mass is 9.77. The molecule has 0 bridgehead atoms. The van der Waals surface area contributed by atoms with Crippen molar-refractivity contribution in [1.82, 2.24) is 5.32 Å². The molecule has 0 spiro atoms. The van der Waals surface area contributed by atoms with E-state index in [2.05, 4.69) is 12.2 Å². The molecule has 4 heteroatoms. The van der Waals surface area contributed by atoms with Gasteiger partial charge in [-0.3, -0.25) is 4.79 Å². The number of aliphatic hydroxyl groups is 1. The highest BCUT2D eigenvalue weighted by molar-refractivity contribution is 5.92. The Morgan fingerprint density at radius 2 is 2.39 bits per heavy atom. The summed E-state index contributed by atoms with van der Waals surface area (Å²) in [5.41, 5.74) is -0.477. The lowest BCUT2D eigenvalue weighted by molar-refractivity contribution is 0.0673. The first-order valence-corrected chi connectivity index (χ1v) is 6.54. The van der Waals surface area contributed by atoms with Crippen LogP contribution in [0.5, 0.6) is 0 Å². The van der Waals surface area contributed by atoms with Gasteiger partial charge in [0.1, 0.15) is 5.76 Å². The van der Waals surface area contributed by atoms with Crippen molar-refractivity contribution in [3.05, 3.63) is 23.7 Å². The summed E-state index contributed by atoms with van der Waals surface area (Å²) in [7, 11) is 0. The van der Waals surface area contributed by atoms with Crippen molar-refractivity contribution in [3.63, 3.8) is 0 Å². The van der Waals surface area contributed by atoms with Crippen LogP contribution in [0.25, 0.3) is 0 Å². The van der Waals surface area contributed by atoms with Crippen LogP contribution < -0.4 is 5.32 Å². The van der Waals surface area contributed by atoms with Gasteiger partial charge < -0.3 is 14.8 Å². The van der Waals surface area contributed by atoms with Crippen LogP contribution in [0.15, 0.2) is 16.5 Å². The Kier molecular flexibility index (Phi) is 3.76. The smallest absolute Gasteiger partial charge is 0.287 e. The SMILES string of the molecule is Cc1ccc(C(=O)NC2(CO)CCCC(C)C2)o1. The van der Waals surface area contributed by atoms with Crippen molar-refractivity contribution in [2.24, 2.45) is 5.92 Å². The fourth-order valence-corrected chi connectivity index (χ4v) is 2.82. The number of carbonyl (C=O) groups excluding carboxylic acids is 1. The Morgan fingerprint density at radius 1 is 1.61 bits per heavy atom. The Hall–Kier alpha value is -1.29. The number of amides is 1. The molecular formula is C14H21NO3. The van der Waals surface area contributed by atoms with E-state index in [9.17, 15) is 9.90 Å². The van der Waals surface area contributed by atoms with Gasteiger partial charge in [-0.15, -0.1) is 0 Å². The number of aliphatic hydroxyl groups excluding tert-OH is 1. The Bertz CT molecular complexity index is 426. The van der Waals surface area contributed by atoms with Crippen LogP contribution in [0.4, 0.5) is 0 Å². The van der Waals surface area contributed by atoms with Gasteiger partial charge in [0.2, 0.25) is 0 Å². The summed E-state index contributed by atoms with van der Waals surface area (Å²) in [6.45, 7) is 3.96. The van der Waals surface area contributed by atoms with E-state index >= 15 is 0 Å². The van der Waals surface area contributed by atoms with Gasteiger partial charge in [-0.2, -0.15) is 0 Å². The van der Waals surface area contributed by atoms with E-state index in [0.29, 0.717) is 11.7 Å². The lowest BCUT2D eigenvalue weighted by Gasteiger charge is -2.39. The molecule has 0 radical (unpaired) electrons. The van der Waals surface area contributed by atoms with Crippen LogP contribution in [-0.2, 0) is 0 Å². The van der Waals surface area contributed by atoms with Crippen LogP contribution >= 0.6 is 0 Å². The summed E-state index contributed by atoms with van der Waals surface area (Å²) < 4.78 is 5.31. The maximum Gasteiger partial charge on any atom is 0.287 e. The zero-order chi connectivity index (χ0) is 13.2. The normalized spacial score (nSPS) is 28.1. The van der Waals surface area contributed by atoms with E-state index in [1.807, 2.05) is 0 Å². The van der Waals surface area contributed by atoms with Crippen molar-refractivity contribution >= 4 is 5.91 Å². The second-order valence-electron chi connectivity index (χ2n) is 5.50. The molecule has 1 fully saturated rings. The van der Waals surface area contributed by atoms with Crippen LogP contribution in [0.1, 0.15) is 48.9 Å². The highest BCUT2D eigenvalue weighted by Gasteiger charge is 2.36. The molecule has 1 heterocycles. The number of hydrogen-bond donors (Lipinski definition) is 2. The van der Waals surface area contributed by atoms with Crippen LogP contribution in [0, 0.1) is 12.8 Å². The average molecular weight is 251 g/mol. The number of rotatable bonds is 3. The predicted molar refractivity (Wildman–Crippen MR) is 68.4 cm³/mol. The van der Waals surface area contributed by atoms with Crippen LogP contribution in [0.3, 0.4) is 0 Å². The molecule has 1 aromatic rings.